The Morgan fingerprint density at radius 3 is 2.90 bits per heavy atom. The number of hydrogen-bond donors (Lipinski definition) is 0. The molecule has 1 aliphatic rings. The van der Waals surface area contributed by atoms with E-state index in [1.165, 1.54) is 18.2 Å². The van der Waals surface area contributed by atoms with Crippen molar-refractivity contribution in [2.75, 3.05) is 6.61 Å². The highest BCUT2D eigenvalue weighted by Gasteiger charge is 2.29. The van der Waals surface area contributed by atoms with E-state index in [1.807, 2.05) is 31.2 Å². The van der Waals surface area contributed by atoms with Gasteiger partial charge in [-0.3, -0.25) is 4.79 Å². The fourth-order valence-corrected chi connectivity index (χ4v) is 2.50. The van der Waals surface area contributed by atoms with Crippen molar-refractivity contribution >= 4 is 5.78 Å². The fraction of sp³-hybridized carbons (Fsp3) is 0.235. The lowest BCUT2D eigenvalue weighted by molar-refractivity contribution is 0.0845. The van der Waals surface area contributed by atoms with Crippen LogP contribution in [0.2, 0.25) is 0 Å². The zero-order valence-corrected chi connectivity index (χ0v) is 11.6. The van der Waals surface area contributed by atoms with Gasteiger partial charge in [-0.2, -0.15) is 0 Å². The number of fused-ring (bicyclic) bond motifs is 1. The van der Waals surface area contributed by atoms with Gasteiger partial charge in [0.15, 0.2) is 5.78 Å². The minimum absolute atomic E-state index is 0.118. The number of hydrogen-bond acceptors (Lipinski definition) is 3. The number of Topliss-reactive ketones (excluding diaryl/α,β-unsaturated/α-hetero) is 1. The van der Waals surface area contributed by atoms with E-state index in [4.69, 9.17) is 9.47 Å². The second kappa shape index (κ2) is 5.56. The Kier molecular flexibility index (Phi) is 3.60. The summed E-state index contributed by atoms with van der Waals surface area (Å²) in [6.45, 7) is 2.45. The Morgan fingerprint density at radius 2 is 2.10 bits per heavy atom. The number of ether oxygens (including phenoxy) is 2. The molecule has 2 aromatic carbocycles. The number of ketones is 1. The Labute approximate surface area is 122 Å². The van der Waals surface area contributed by atoms with Crippen LogP contribution in [-0.2, 0) is 0 Å². The summed E-state index contributed by atoms with van der Waals surface area (Å²) in [4.78, 5) is 12.2. The highest BCUT2D eigenvalue weighted by Crippen LogP contribution is 2.38. The van der Waals surface area contributed by atoms with E-state index in [9.17, 15) is 9.18 Å². The molecule has 0 fully saturated rings. The smallest absolute Gasteiger partial charge is 0.170 e. The van der Waals surface area contributed by atoms with E-state index >= 15 is 0 Å². The maximum Gasteiger partial charge on any atom is 0.170 e. The maximum absolute atomic E-state index is 13.2. The molecule has 0 aliphatic carbocycles. The molecule has 4 heteroatoms. The molecule has 21 heavy (non-hydrogen) atoms. The van der Waals surface area contributed by atoms with E-state index in [-0.39, 0.29) is 12.2 Å². The van der Waals surface area contributed by atoms with Crippen LogP contribution >= 0.6 is 0 Å². The van der Waals surface area contributed by atoms with Gasteiger partial charge in [0.2, 0.25) is 0 Å². The Balaban J connectivity index is 1.96. The molecule has 0 saturated carbocycles. The third-order valence-corrected chi connectivity index (χ3v) is 3.45. The van der Waals surface area contributed by atoms with Gasteiger partial charge in [0.25, 0.3) is 0 Å². The van der Waals surface area contributed by atoms with Crippen LogP contribution in [0.4, 0.5) is 4.39 Å². The molecule has 0 aromatic heterocycles. The van der Waals surface area contributed by atoms with E-state index in [0.29, 0.717) is 23.7 Å². The van der Waals surface area contributed by atoms with Crippen LogP contribution in [0.3, 0.4) is 0 Å². The van der Waals surface area contributed by atoms with Gasteiger partial charge in [0, 0.05) is 5.56 Å². The molecule has 1 heterocycles. The molecule has 3 nitrogen and oxygen atoms in total. The van der Waals surface area contributed by atoms with Crippen molar-refractivity contribution in [2.24, 2.45) is 0 Å². The van der Waals surface area contributed by atoms with Crippen LogP contribution in [0.25, 0.3) is 0 Å². The van der Waals surface area contributed by atoms with Crippen molar-refractivity contribution in [2.45, 2.75) is 19.4 Å². The van der Waals surface area contributed by atoms with Crippen LogP contribution in [0.5, 0.6) is 11.5 Å². The van der Waals surface area contributed by atoms with Crippen molar-refractivity contribution in [3.63, 3.8) is 0 Å². The monoisotopic (exact) mass is 286 g/mol. The summed E-state index contributed by atoms with van der Waals surface area (Å²) in [6.07, 6.45) is -0.223. The molecule has 0 amide bonds. The summed E-state index contributed by atoms with van der Waals surface area (Å²) in [7, 11) is 0. The fourth-order valence-electron chi connectivity index (χ4n) is 2.50. The van der Waals surface area contributed by atoms with Crippen LogP contribution in [0.1, 0.15) is 35.4 Å². The normalized spacial score (nSPS) is 17.0. The average Bonchev–Trinajstić information content (AvgIpc) is 2.49. The minimum Gasteiger partial charge on any atom is -0.493 e. The first-order valence-electron chi connectivity index (χ1n) is 6.90. The predicted octanol–water partition coefficient (Wildman–Crippen LogP) is 3.93. The molecule has 3 rings (SSSR count). The number of rotatable bonds is 3. The van der Waals surface area contributed by atoms with Gasteiger partial charge in [0.1, 0.15) is 23.4 Å². The third-order valence-electron chi connectivity index (χ3n) is 3.45. The molecule has 2 aromatic rings. The summed E-state index contributed by atoms with van der Waals surface area (Å²) < 4.78 is 24.7. The first-order valence-corrected chi connectivity index (χ1v) is 6.90. The predicted molar refractivity (Wildman–Crippen MR) is 76.3 cm³/mol. The van der Waals surface area contributed by atoms with Crippen molar-refractivity contribution in [1.82, 2.24) is 0 Å². The van der Waals surface area contributed by atoms with E-state index in [2.05, 4.69) is 0 Å². The zero-order valence-electron chi connectivity index (χ0n) is 11.6. The van der Waals surface area contributed by atoms with E-state index in [1.54, 1.807) is 0 Å². The number of para-hydroxylation sites is 1. The second-order valence-electron chi connectivity index (χ2n) is 4.85. The van der Waals surface area contributed by atoms with Crippen molar-refractivity contribution in [3.05, 3.63) is 59.4 Å². The van der Waals surface area contributed by atoms with Crippen molar-refractivity contribution in [3.8, 4) is 11.5 Å². The standard InChI is InChI=1S/C17H15FO3/c1-2-20-15-6-4-3-5-12(15)17-10-14(19)13-9-11(18)7-8-16(13)21-17/h3-9,17H,2,10H2,1H3. The highest BCUT2D eigenvalue weighted by atomic mass is 19.1. The van der Waals surface area contributed by atoms with Gasteiger partial charge in [-0.1, -0.05) is 18.2 Å². The summed E-state index contributed by atoms with van der Waals surface area (Å²) >= 11 is 0. The summed E-state index contributed by atoms with van der Waals surface area (Å²) in [6, 6.07) is 11.5. The summed E-state index contributed by atoms with van der Waals surface area (Å²) in [5.74, 6) is 0.582. The summed E-state index contributed by atoms with van der Waals surface area (Å²) in [5, 5.41) is 0. The SMILES string of the molecule is CCOc1ccccc1C1CC(=O)c2cc(F)ccc2O1. The first kappa shape index (κ1) is 13.6. The van der Waals surface area contributed by atoms with Gasteiger partial charge in [-0.25, -0.2) is 4.39 Å². The molecule has 1 atom stereocenters. The Hall–Kier alpha value is -2.36. The average molecular weight is 286 g/mol. The lowest BCUT2D eigenvalue weighted by atomic mass is 9.95. The second-order valence-corrected chi connectivity index (χ2v) is 4.85. The lowest BCUT2D eigenvalue weighted by Gasteiger charge is -2.26. The van der Waals surface area contributed by atoms with Gasteiger partial charge in [-0.05, 0) is 31.2 Å². The zero-order chi connectivity index (χ0) is 14.8. The molecule has 0 radical (unpaired) electrons. The number of carbonyl (C=O) groups excluding carboxylic acids is 1. The van der Waals surface area contributed by atoms with Gasteiger partial charge in [-0.15, -0.1) is 0 Å². The van der Waals surface area contributed by atoms with Crippen molar-refractivity contribution in [1.29, 1.82) is 0 Å². The number of halogens is 1. The topological polar surface area (TPSA) is 35.5 Å². The summed E-state index contributed by atoms with van der Waals surface area (Å²) in [5.41, 5.74) is 1.14. The van der Waals surface area contributed by atoms with Crippen LogP contribution in [0.15, 0.2) is 42.5 Å². The molecular weight excluding hydrogens is 271 g/mol. The Bertz CT molecular complexity index is 681. The molecular formula is C17H15FO3. The lowest BCUT2D eigenvalue weighted by Crippen LogP contribution is -2.21. The van der Waals surface area contributed by atoms with Gasteiger partial charge < -0.3 is 9.47 Å². The molecule has 1 aliphatic heterocycles. The maximum atomic E-state index is 13.2. The third kappa shape index (κ3) is 2.61. The van der Waals surface area contributed by atoms with Crippen LogP contribution in [0, 0.1) is 5.82 Å². The molecule has 1 unspecified atom stereocenters. The number of benzene rings is 2. The number of carbonyl (C=O) groups is 1. The quantitative estimate of drug-likeness (QED) is 0.857. The van der Waals surface area contributed by atoms with Crippen LogP contribution < -0.4 is 9.47 Å². The molecule has 108 valence electrons. The molecule has 0 N–H and O–H groups in total. The van der Waals surface area contributed by atoms with Crippen molar-refractivity contribution < 1.29 is 18.7 Å². The molecule has 0 spiro atoms. The molecule has 0 bridgehead atoms. The first-order chi connectivity index (χ1) is 10.2. The minimum atomic E-state index is -0.432. The van der Waals surface area contributed by atoms with E-state index < -0.39 is 11.9 Å². The highest BCUT2D eigenvalue weighted by molar-refractivity contribution is 6.00. The largest absolute Gasteiger partial charge is 0.493 e. The van der Waals surface area contributed by atoms with Crippen LogP contribution in [-0.4, -0.2) is 12.4 Å². The molecule has 0 saturated heterocycles. The van der Waals surface area contributed by atoms with Gasteiger partial charge in [0.05, 0.1) is 18.6 Å². The van der Waals surface area contributed by atoms with Gasteiger partial charge >= 0.3 is 0 Å². The Morgan fingerprint density at radius 1 is 1.29 bits per heavy atom. The van der Waals surface area contributed by atoms with E-state index in [0.717, 1.165) is 5.56 Å².